The van der Waals surface area contributed by atoms with Crippen molar-refractivity contribution in [2.45, 2.75) is 13.5 Å². The summed E-state index contributed by atoms with van der Waals surface area (Å²) in [5, 5.41) is 3.61. The summed E-state index contributed by atoms with van der Waals surface area (Å²) in [6.45, 7) is 1.95. The fourth-order valence-electron chi connectivity index (χ4n) is 0.980. The number of nitrogens with zero attached hydrogens (tertiary/aromatic N) is 1. The van der Waals surface area contributed by atoms with Gasteiger partial charge in [0.05, 0.1) is 5.69 Å². The fraction of sp³-hybridized carbons (Fsp3) is 0.333. The van der Waals surface area contributed by atoms with Crippen LogP contribution in [-0.4, -0.2) is 11.1 Å². The highest BCUT2D eigenvalue weighted by Crippen LogP contribution is 2.21. The van der Waals surface area contributed by atoms with Crippen LogP contribution >= 0.6 is 0 Å². The smallest absolute Gasteiger partial charge is 0.344 e. The maximum absolute atomic E-state index is 10.8. The Hall–Kier alpha value is -1.32. The first-order valence-electron chi connectivity index (χ1n) is 2.91. The van der Waals surface area contributed by atoms with Gasteiger partial charge in [-0.15, -0.1) is 0 Å². The van der Waals surface area contributed by atoms with Gasteiger partial charge in [0.2, 0.25) is 0 Å². The Morgan fingerprint density at radius 3 is 3.10 bits per heavy atom. The predicted molar refractivity (Wildman–Crippen MR) is 30.4 cm³/mol. The lowest BCUT2D eigenvalue weighted by atomic mass is 10.2. The molecule has 0 radical (unpaired) electrons. The molecule has 10 heavy (non-hydrogen) atoms. The van der Waals surface area contributed by atoms with Crippen LogP contribution in [-0.2, 0) is 11.3 Å². The normalized spacial score (nSPS) is 15.1. The van der Waals surface area contributed by atoms with Crippen LogP contribution in [0.5, 0.6) is 0 Å². The summed E-state index contributed by atoms with van der Waals surface area (Å²) in [6.07, 6.45) is 0. The lowest BCUT2D eigenvalue weighted by molar-refractivity contribution is 0.0512. The molecule has 1 aliphatic heterocycles. The molecule has 0 aliphatic carbocycles. The Bertz CT molecular complexity index is 289. The maximum atomic E-state index is 10.8. The van der Waals surface area contributed by atoms with E-state index in [1.54, 1.807) is 6.92 Å². The lowest BCUT2D eigenvalue weighted by Gasteiger charge is -1.86. The van der Waals surface area contributed by atoms with Crippen molar-refractivity contribution in [3.8, 4) is 0 Å². The largest absolute Gasteiger partial charge is 0.454 e. The van der Waals surface area contributed by atoms with Crippen LogP contribution in [0.1, 0.15) is 21.8 Å². The van der Waals surface area contributed by atoms with Crippen molar-refractivity contribution in [3.63, 3.8) is 0 Å². The predicted octanol–water partition coefficient (Wildman–Crippen LogP) is 0.653. The van der Waals surface area contributed by atoms with Crippen LogP contribution in [0.4, 0.5) is 0 Å². The molecule has 0 amide bonds. The van der Waals surface area contributed by atoms with Crippen LogP contribution in [0.2, 0.25) is 0 Å². The Morgan fingerprint density at radius 1 is 1.60 bits per heavy atom. The van der Waals surface area contributed by atoms with Crippen molar-refractivity contribution in [1.82, 2.24) is 5.16 Å². The molecule has 0 unspecified atom stereocenters. The zero-order chi connectivity index (χ0) is 7.14. The molecule has 0 N–H and O–H groups in total. The molecule has 0 spiro atoms. The Kier molecular flexibility index (Phi) is 0.869. The van der Waals surface area contributed by atoms with E-state index in [2.05, 4.69) is 9.89 Å². The molecule has 0 fully saturated rings. The van der Waals surface area contributed by atoms with E-state index in [0.29, 0.717) is 17.0 Å². The van der Waals surface area contributed by atoms with Crippen LogP contribution in [0.15, 0.2) is 4.52 Å². The van der Waals surface area contributed by atoms with E-state index in [9.17, 15) is 4.79 Å². The number of esters is 1. The van der Waals surface area contributed by atoms with E-state index in [-0.39, 0.29) is 12.6 Å². The number of aromatic nitrogens is 1. The lowest BCUT2D eigenvalue weighted by Crippen LogP contribution is -1.95. The summed E-state index contributed by atoms with van der Waals surface area (Å²) in [6, 6.07) is 0. The van der Waals surface area contributed by atoms with Crippen molar-refractivity contribution in [3.05, 3.63) is 17.0 Å². The van der Waals surface area contributed by atoms with Gasteiger partial charge in [0, 0.05) is 0 Å². The third-order valence-electron chi connectivity index (χ3n) is 1.47. The van der Waals surface area contributed by atoms with Crippen LogP contribution in [0.3, 0.4) is 0 Å². The highest BCUT2D eigenvalue weighted by atomic mass is 16.6. The Balaban J connectivity index is 2.65. The molecule has 2 heterocycles. The minimum atomic E-state index is -0.325. The number of rotatable bonds is 0. The van der Waals surface area contributed by atoms with Gasteiger partial charge in [-0.1, -0.05) is 5.16 Å². The molecule has 1 aromatic rings. The SMILES string of the molecule is Cc1noc2c1C(=O)OC2. The standard InChI is InChI=1S/C6H5NO3/c1-3-5-4(10-7-3)2-9-6(5)8/h2H2,1H3. The second-order valence-corrected chi connectivity index (χ2v) is 2.14. The number of carbonyl (C=O) groups excluding carboxylic acids is 1. The van der Waals surface area contributed by atoms with Crippen molar-refractivity contribution >= 4 is 5.97 Å². The van der Waals surface area contributed by atoms with Crippen LogP contribution < -0.4 is 0 Å². The number of carbonyl (C=O) groups is 1. The number of aryl methyl sites for hydroxylation is 1. The van der Waals surface area contributed by atoms with Gasteiger partial charge in [-0.05, 0) is 6.92 Å². The van der Waals surface area contributed by atoms with Crippen molar-refractivity contribution in [2.75, 3.05) is 0 Å². The monoisotopic (exact) mass is 139 g/mol. The van der Waals surface area contributed by atoms with Crippen molar-refractivity contribution in [2.24, 2.45) is 0 Å². The highest BCUT2D eigenvalue weighted by Gasteiger charge is 2.28. The summed E-state index contributed by atoms with van der Waals surface area (Å²) in [5.41, 5.74) is 1.11. The zero-order valence-electron chi connectivity index (χ0n) is 5.38. The van der Waals surface area contributed by atoms with E-state index in [4.69, 9.17) is 4.52 Å². The average Bonchev–Trinajstić information content (AvgIpc) is 2.40. The van der Waals surface area contributed by atoms with Gasteiger partial charge in [-0.25, -0.2) is 4.79 Å². The first kappa shape index (κ1) is 5.46. The van der Waals surface area contributed by atoms with E-state index in [1.165, 1.54) is 0 Å². The molecule has 0 saturated carbocycles. The van der Waals surface area contributed by atoms with Gasteiger partial charge in [0.15, 0.2) is 12.4 Å². The number of hydrogen-bond donors (Lipinski definition) is 0. The number of cyclic esters (lactones) is 1. The first-order chi connectivity index (χ1) is 4.79. The van der Waals surface area contributed by atoms with Gasteiger partial charge in [-0.3, -0.25) is 0 Å². The Labute approximate surface area is 56.8 Å². The minimum Gasteiger partial charge on any atom is -0.454 e. The number of ether oxygens (including phenoxy) is 1. The molecule has 52 valence electrons. The third kappa shape index (κ3) is 0.504. The van der Waals surface area contributed by atoms with Gasteiger partial charge < -0.3 is 9.26 Å². The molecular weight excluding hydrogens is 134 g/mol. The molecule has 0 bridgehead atoms. The Morgan fingerprint density at radius 2 is 2.40 bits per heavy atom. The van der Waals surface area contributed by atoms with Gasteiger partial charge >= 0.3 is 5.97 Å². The van der Waals surface area contributed by atoms with E-state index < -0.39 is 0 Å². The summed E-state index contributed by atoms with van der Waals surface area (Å²) in [5.74, 6) is 0.219. The quantitative estimate of drug-likeness (QED) is 0.495. The minimum absolute atomic E-state index is 0.231. The van der Waals surface area contributed by atoms with Gasteiger partial charge in [0.25, 0.3) is 0 Å². The summed E-state index contributed by atoms with van der Waals surface area (Å²) < 4.78 is 9.45. The third-order valence-corrected chi connectivity index (χ3v) is 1.47. The summed E-state index contributed by atoms with van der Waals surface area (Å²) in [7, 11) is 0. The zero-order valence-corrected chi connectivity index (χ0v) is 5.38. The molecule has 0 atom stereocenters. The number of fused-ring (bicyclic) bond motifs is 1. The highest BCUT2D eigenvalue weighted by molar-refractivity contribution is 5.93. The molecule has 2 rings (SSSR count). The van der Waals surface area contributed by atoms with Crippen LogP contribution in [0, 0.1) is 6.92 Å². The van der Waals surface area contributed by atoms with Gasteiger partial charge in [0.1, 0.15) is 5.56 Å². The molecule has 0 aromatic carbocycles. The number of hydrogen-bond acceptors (Lipinski definition) is 4. The van der Waals surface area contributed by atoms with E-state index in [0.717, 1.165) is 0 Å². The van der Waals surface area contributed by atoms with Crippen molar-refractivity contribution in [1.29, 1.82) is 0 Å². The van der Waals surface area contributed by atoms with E-state index in [1.807, 2.05) is 0 Å². The van der Waals surface area contributed by atoms with E-state index >= 15 is 0 Å². The average molecular weight is 139 g/mol. The molecule has 4 heteroatoms. The summed E-state index contributed by atoms with van der Waals surface area (Å²) in [4.78, 5) is 10.8. The van der Waals surface area contributed by atoms with Crippen LogP contribution in [0.25, 0.3) is 0 Å². The summed E-state index contributed by atoms with van der Waals surface area (Å²) >= 11 is 0. The first-order valence-corrected chi connectivity index (χ1v) is 2.91. The second kappa shape index (κ2) is 1.59. The molecule has 4 nitrogen and oxygen atoms in total. The fourth-order valence-corrected chi connectivity index (χ4v) is 0.980. The molecule has 1 aliphatic rings. The molecular formula is C6H5NO3. The topological polar surface area (TPSA) is 52.3 Å². The molecule has 0 saturated heterocycles. The molecule has 1 aromatic heterocycles. The van der Waals surface area contributed by atoms with Crippen molar-refractivity contribution < 1.29 is 14.1 Å². The van der Waals surface area contributed by atoms with Gasteiger partial charge in [-0.2, -0.15) is 0 Å². The second-order valence-electron chi connectivity index (χ2n) is 2.14. The maximum Gasteiger partial charge on any atom is 0.344 e.